The van der Waals surface area contributed by atoms with Gasteiger partial charge in [0.25, 0.3) is 0 Å². The highest BCUT2D eigenvalue weighted by molar-refractivity contribution is 5.93. The van der Waals surface area contributed by atoms with Gasteiger partial charge in [-0.1, -0.05) is 53.4 Å². The van der Waals surface area contributed by atoms with Gasteiger partial charge < -0.3 is 5.32 Å². The van der Waals surface area contributed by atoms with Crippen LogP contribution in [0, 0.1) is 11.8 Å². The topological polar surface area (TPSA) is 128 Å². The van der Waals surface area contributed by atoms with Crippen LogP contribution >= 0.6 is 0 Å². The van der Waals surface area contributed by atoms with Crippen LogP contribution in [0.4, 0.5) is 0 Å². The van der Waals surface area contributed by atoms with Crippen LogP contribution < -0.4 is 16.2 Å². The Labute approximate surface area is 185 Å². The number of hydroxylamine groups is 1. The minimum absolute atomic E-state index is 0.00727. The normalized spacial score (nSPS) is 19.3. The number of Topliss-reactive ketones (excluding diaryl/α,β-unsaturated/α-hetero) is 1. The Bertz CT molecular complexity index is 613. The van der Waals surface area contributed by atoms with E-state index in [1.165, 1.54) is 5.01 Å². The van der Waals surface area contributed by atoms with Crippen molar-refractivity contribution in [3.05, 3.63) is 0 Å². The summed E-state index contributed by atoms with van der Waals surface area (Å²) in [5.41, 5.74) is 4.61. The third-order valence-electron chi connectivity index (χ3n) is 6.06. The average molecular weight is 441 g/mol. The summed E-state index contributed by atoms with van der Waals surface area (Å²) in [5.74, 6) is -1.98. The molecule has 0 aromatic heterocycles. The lowest BCUT2D eigenvalue weighted by atomic mass is 9.93. The first-order valence-corrected chi connectivity index (χ1v) is 11.6. The summed E-state index contributed by atoms with van der Waals surface area (Å²) < 4.78 is 0. The second-order valence-corrected chi connectivity index (χ2v) is 8.40. The van der Waals surface area contributed by atoms with E-state index in [1.54, 1.807) is 12.4 Å². The first kappa shape index (κ1) is 27.0. The number of ketones is 1. The second-order valence-electron chi connectivity index (χ2n) is 8.40. The van der Waals surface area contributed by atoms with Crippen molar-refractivity contribution in [1.82, 2.24) is 21.2 Å². The number of carbonyl (C=O) groups excluding carboxylic acids is 4. The number of hydrogen-bond acceptors (Lipinski definition) is 6. The summed E-state index contributed by atoms with van der Waals surface area (Å²) in [6.07, 6.45) is 5.30. The van der Waals surface area contributed by atoms with Gasteiger partial charge in [-0.3, -0.25) is 29.4 Å². The van der Waals surface area contributed by atoms with E-state index in [9.17, 15) is 19.2 Å². The number of nitrogens with zero attached hydrogens (tertiary/aromatic N) is 1. The van der Waals surface area contributed by atoms with Gasteiger partial charge in [0.2, 0.25) is 17.7 Å². The summed E-state index contributed by atoms with van der Waals surface area (Å²) in [4.78, 5) is 50.5. The fraction of sp³-hybridized carbons (Fsp3) is 0.818. The average Bonchev–Trinajstić information content (AvgIpc) is 2.80. The summed E-state index contributed by atoms with van der Waals surface area (Å²) in [6, 6.07) is -1.33. The Morgan fingerprint density at radius 2 is 1.87 bits per heavy atom. The molecule has 178 valence electrons. The number of amides is 3. The molecule has 9 heteroatoms. The molecule has 1 heterocycles. The van der Waals surface area contributed by atoms with Crippen LogP contribution in [0.5, 0.6) is 0 Å². The van der Waals surface area contributed by atoms with Crippen molar-refractivity contribution in [2.45, 2.75) is 97.6 Å². The fourth-order valence-corrected chi connectivity index (χ4v) is 3.88. The van der Waals surface area contributed by atoms with Gasteiger partial charge in [-0.15, -0.1) is 0 Å². The molecule has 1 fully saturated rings. The Hall–Kier alpha value is -2.00. The van der Waals surface area contributed by atoms with Crippen molar-refractivity contribution in [3.63, 3.8) is 0 Å². The minimum Gasteiger partial charge on any atom is -0.344 e. The molecule has 0 radical (unpaired) electrons. The zero-order valence-corrected chi connectivity index (χ0v) is 19.4. The predicted molar refractivity (Wildman–Crippen MR) is 117 cm³/mol. The van der Waals surface area contributed by atoms with Crippen LogP contribution in [0.3, 0.4) is 0 Å². The number of unbranched alkanes of at least 4 members (excludes halogenated alkanes) is 2. The van der Waals surface area contributed by atoms with E-state index in [2.05, 4.69) is 17.7 Å². The Morgan fingerprint density at radius 3 is 2.45 bits per heavy atom. The van der Waals surface area contributed by atoms with Crippen molar-refractivity contribution in [2.24, 2.45) is 11.8 Å². The largest absolute Gasteiger partial charge is 0.344 e. The molecule has 0 spiro atoms. The molecule has 1 saturated heterocycles. The van der Waals surface area contributed by atoms with Gasteiger partial charge in [0.15, 0.2) is 5.78 Å². The molecule has 9 nitrogen and oxygen atoms in total. The number of carbonyl (C=O) groups is 4. The summed E-state index contributed by atoms with van der Waals surface area (Å²) >= 11 is 0. The van der Waals surface area contributed by atoms with Crippen molar-refractivity contribution in [2.75, 3.05) is 6.54 Å². The molecule has 0 unspecified atom stereocenters. The van der Waals surface area contributed by atoms with Crippen LogP contribution in [-0.4, -0.2) is 52.3 Å². The standard InChI is InChI=1S/C22H40N4O5/c1-5-8-9-11-16(14-19(28)25-31)22(30)26-17(12-10-13-23-26)21(29)24-20(15(4)6-2)18(27)7-3/h15-17,20,23,31H,5-14H2,1-4H3,(H,24,29)(H,25,28)/t15-,16-,17-,20-/m1/s1. The summed E-state index contributed by atoms with van der Waals surface area (Å²) in [5, 5.41) is 13.1. The number of hydrogen-bond donors (Lipinski definition) is 4. The first-order valence-electron chi connectivity index (χ1n) is 11.6. The summed E-state index contributed by atoms with van der Waals surface area (Å²) in [7, 11) is 0. The third-order valence-corrected chi connectivity index (χ3v) is 6.06. The maximum Gasteiger partial charge on any atom is 0.245 e. The van der Waals surface area contributed by atoms with Crippen LogP contribution in [0.2, 0.25) is 0 Å². The highest BCUT2D eigenvalue weighted by Crippen LogP contribution is 2.21. The van der Waals surface area contributed by atoms with Crippen LogP contribution in [0.25, 0.3) is 0 Å². The van der Waals surface area contributed by atoms with Gasteiger partial charge in [0.05, 0.1) is 6.04 Å². The van der Waals surface area contributed by atoms with Gasteiger partial charge in [-0.25, -0.2) is 10.9 Å². The number of hydrazine groups is 1. The smallest absolute Gasteiger partial charge is 0.245 e. The molecule has 0 bridgehead atoms. The van der Waals surface area contributed by atoms with Gasteiger partial charge in [0.1, 0.15) is 6.04 Å². The van der Waals surface area contributed by atoms with E-state index in [1.807, 2.05) is 13.8 Å². The Kier molecular flexibility index (Phi) is 12.3. The Balaban J connectivity index is 3.00. The molecule has 0 saturated carbocycles. The van der Waals surface area contributed by atoms with Crippen LogP contribution in [0.15, 0.2) is 0 Å². The predicted octanol–water partition coefficient (Wildman–Crippen LogP) is 2.08. The molecule has 3 amide bonds. The maximum atomic E-state index is 13.3. The lowest BCUT2D eigenvalue weighted by molar-refractivity contribution is -0.152. The fourth-order valence-electron chi connectivity index (χ4n) is 3.88. The third kappa shape index (κ3) is 8.22. The van der Waals surface area contributed by atoms with Gasteiger partial charge in [-0.2, -0.15) is 0 Å². The van der Waals surface area contributed by atoms with Gasteiger partial charge in [0, 0.05) is 25.3 Å². The van der Waals surface area contributed by atoms with Crippen LogP contribution in [0.1, 0.15) is 85.5 Å². The molecule has 4 atom stereocenters. The van der Waals surface area contributed by atoms with Crippen molar-refractivity contribution in [1.29, 1.82) is 0 Å². The van der Waals surface area contributed by atoms with Gasteiger partial charge >= 0.3 is 0 Å². The lowest BCUT2D eigenvalue weighted by Crippen LogP contribution is -2.62. The molecular weight excluding hydrogens is 400 g/mol. The molecule has 1 aliphatic heterocycles. The zero-order chi connectivity index (χ0) is 23.4. The quantitative estimate of drug-likeness (QED) is 0.197. The number of rotatable bonds is 13. The highest BCUT2D eigenvalue weighted by atomic mass is 16.5. The molecular formula is C22H40N4O5. The Morgan fingerprint density at radius 1 is 1.16 bits per heavy atom. The molecule has 0 aromatic rings. The number of nitrogens with one attached hydrogen (secondary N) is 3. The lowest BCUT2D eigenvalue weighted by Gasteiger charge is -2.38. The monoisotopic (exact) mass is 440 g/mol. The van der Waals surface area contributed by atoms with E-state index in [0.717, 1.165) is 32.1 Å². The SMILES string of the molecule is CCCCC[C@H](CC(=O)NO)C(=O)N1NCCC[C@@H]1C(=O)N[C@@H](C(=O)CC)[C@H](C)CC. The van der Waals surface area contributed by atoms with E-state index in [0.29, 0.717) is 25.8 Å². The maximum absolute atomic E-state index is 13.3. The van der Waals surface area contributed by atoms with E-state index in [-0.39, 0.29) is 29.9 Å². The van der Waals surface area contributed by atoms with Crippen LogP contribution in [-0.2, 0) is 19.2 Å². The molecule has 1 rings (SSSR count). The van der Waals surface area contributed by atoms with E-state index < -0.39 is 23.9 Å². The van der Waals surface area contributed by atoms with Gasteiger partial charge in [-0.05, 0) is 25.2 Å². The van der Waals surface area contributed by atoms with E-state index in [4.69, 9.17) is 5.21 Å². The van der Waals surface area contributed by atoms with Crippen molar-refractivity contribution in [3.8, 4) is 0 Å². The molecule has 1 aliphatic rings. The van der Waals surface area contributed by atoms with Crippen molar-refractivity contribution < 1.29 is 24.4 Å². The molecule has 31 heavy (non-hydrogen) atoms. The first-order chi connectivity index (χ1) is 14.8. The summed E-state index contributed by atoms with van der Waals surface area (Å²) in [6.45, 7) is 8.27. The highest BCUT2D eigenvalue weighted by Gasteiger charge is 2.38. The zero-order valence-electron chi connectivity index (χ0n) is 19.4. The van der Waals surface area contributed by atoms with E-state index >= 15 is 0 Å². The van der Waals surface area contributed by atoms with Crippen molar-refractivity contribution >= 4 is 23.5 Å². The molecule has 4 N–H and O–H groups in total. The molecule has 0 aliphatic carbocycles. The minimum atomic E-state index is -0.747. The second kappa shape index (κ2) is 14.1. The molecule has 0 aromatic carbocycles.